The van der Waals surface area contributed by atoms with Gasteiger partial charge in [0, 0.05) is 17.3 Å². The molecule has 0 fully saturated rings. The van der Waals surface area contributed by atoms with E-state index in [2.05, 4.69) is 15.5 Å². The van der Waals surface area contributed by atoms with Crippen LogP contribution in [-0.2, 0) is 0 Å². The minimum Gasteiger partial charge on any atom is -0.423 e. The Labute approximate surface area is 133 Å². The second-order valence-corrected chi connectivity index (χ2v) is 5.84. The molecule has 0 unspecified atom stereocenters. The number of carbonyl (C=O) groups is 1. The summed E-state index contributed by atoms with van der Waals surface area (Å²) in [5.74, 6) is -0.0101. The highest BCUT2D eigenvalue weighted by atomic mass is 32.1. The Bertz CT molecular complexity index is 856. The lowest BCUT2D eigenvalue weighted by Crippen LogP contribution is -2.09. The molecule has 2 heterocycles. The summed E-state index contributed by atoms with van der Waals surface area (Å²) in [7, 11) is 0. The smallest absolute Gasteiger partial charge is 0.283 e. The van der Waals surface area contributed by atoms with Gasteiger partial charge in [-0.15, -0.1) is 21.5 Å². The van der Waals surface area contributed by atoms with Crippen molar-refractivity contribution in [2.24, 2.45) is 0 Å². The monoisotopic (exact) mass is 330 g/mol. The van der Waals surface area contributed by atoms with E-state index in [0.29, 0.717) is 16.5 Å². The van der Waals surface area contributed by atoms with Crippen LogP contribution in [0, 0.1) is 17.0 Å². The van der Waals surface area contributed by atoms with Gasteiger partial charge in [-0.1, -0.05) is 0 Å². The highest BCUT2D eigenvalue weighted by molar-refractivity contribution is 7.14. The zero-order valence-electron chi connectivity index (χ0n) is 11.8. The molecule has 23 heavy (non-hydrogen) atoms. The summed E-state index contributed by atoms with van der Waals surface area (Å²) in [6.07, 6.45) is 1.23. The lowest BCUT2D eigenvalue weighted by atomic mass is 10.2. The lowest BCUT2D eigenvalue weighted by molar-refractivity contribution is -0.385. The number of aromatic nitrogens is 2. The van der Waals surface area contributed by atoms with Crippen LogP contribution >= 0.6 is 11.3 Å². The number of nitrogens with one attached hydrogen (secondary N) is 1. The van der Waals surface area contributed by atoms with Crippen molar-refractivity contribution >= 4 is 28.6 Å². The summed E-state index contributed by atoms with van der Waals surface area (Å²) in [6.45, 7) is 1.61. The third-order valence-electron chi connectivity index (χ3n) is 3.06. The first-order valence-corrected chi connectivity index (χ1v) is 7.29. The van der Waals surface area contributed by atoms with E-state index >= 15 is 0 Å². The Morgan fingerprint density at radius 2 is 2.09 bits per heavy atom. The van der Waals surface area contributed by atoms with Gasteiger partial charge in [-0.25, -0.2) is 0 Å². The minimum absolute atomic E-state index is 0.0492. The van der Waals surface area contributed by atoms with Crippen molar-refractivity contribution in [2.75, 3.05) is 5.32 Å². The fraction of sp³-hybridized carbons (Fsp3) is 0.0714. The van der Waals surface area contributed by atoms with Crippen molar-refractivity contribution < 1.29 is 14.1 Å². The average molecular weight is 330 g/mol. The fourth-order valence-corrected chi connectivity index (χ4v) is 2.84. The molecule has 0 atom stereocenters. The molecule has 0 bridgehead atoms. The Balaban J connectivity index is 1.75. The van der Waals surface area contributed by atoms with E-state index in [9.17, 15) is 14.9 Å². The van der Waals surface area contributed by atoms with Gasteiger partial charge in [0.1, 0.15) is 0 Å². The van der Waals surface area contributed by atoms with E-state index in [-0.39, 0.29) is 10.6 Å². The topological polar surface area (TPSA) is 111 Å². The molecule has 0 spiro atoms. The highest BCUT2D eigenvalue weighted by Gasteiger charge is 2.19. The Kier molecular flexibility index (Phi) is 3.85. The quantitative estimate of drug-likeness (QED) is 0.580. The normalized spacial score (nSPS) is 10.5. The maximum atomic E-state index is 12.2. The summed E-state index contributed by atoms with van der Waals surface area (Å²) < 4.78 is 5.08. The number of thiophene rings is 1. The molecule has 0 aliphatic rings. The van der Waals surface area contributed by atoms with Crippen LogP contribution in [0.15, 0.2) is 41.1 Å². The fourth-order valence-electron chi connectivity index (χ4n) is 1.95. The van der Waals surface area contributed by atoms with E-state index in [1.807, 2.05) is 0 Å². The molecule has 0 radical (unpaired) electrons. The van der Waals surface area contributed by atoms with Crippen molar-refractivity contribution in [3.05, 3.63) is 56.6 Å². The average Bonchev–Trinajstić information content (AvgIpc) is 3.17. The Morgan fingerprint density at radius 1 is 1.35 bits per heavy atom. The van der Waals surface area contributed by atoms with Crippen LogP contribution in [0.5, 0.6) is 0 Å². The molecule has 9 heteroatoms. The van der Waals surface area contributed by atoms with E-state index < -0.39 is 10.8 Å². The first-order chi connectivity index (χ1) is 11.0. The van der Waals surface area contributed by atoms with Crippen LogP contribution in [0.25, 0.3) is 11.5 Å². The van der Waals surface area contributed by atoms with Crippen LogP contribution < -0.4 is 5.32 Å². The molecule has 3 rings (SSSR count). The maximum Gasteiger partial charge on any atom is 0.283 e. The van der Waals surface area contributed by atoms with Gasteiger partial charge in [0.25, 0.3) is 11.6 Å². The van der Waals surface area contributed by atoms with Crippen molar-refractivity contribution in [3.8, 4) is 11.5 Å². The first-order valence-electron chi connectivity index (χ1n) is 6.47. The van der Waals surface area contributed by atoms with Crippen LogP contribution in [0.3, 0.4) is 0 Å². The molecular weight excluding hydrogens is 320 g/mol. The highest BCUT2D eigenvalue weighted by Crippen LogP contribution is 2.28. The summed E-state index contributed by atoms with van der Waals surface area (Å²) in [5.41, 5.74) is 1.24. The van der Waals surface area contributed by atoms with E-state index in [1.54, 1.807) is 31.2 Å². The number of hydrogen-bond donors (Lipinski definition) is 1. The van der Waals surface area contributed by atoms with Gasteiger partial charge in [0.15, 0.2) is 0 Å². The molecule has 8 nitrogen and oxygen atoms in total. The standard InChI is InChI=1S/C14H10N4O4S/c1-8-11(18(20)21)6-12(23-8)13(19)16-10-4-2-9(3-5-10)14-17-15-7-22-14/h2-7H,1H3,(H,16,19). The number of benzene rings is 1. The number of anilines is 1. The number of amides is 1. The molecule has 0 aliphatic carbocycles. The number of rotatable bonds is 4. The predicted molar refractivity (Wildman–Crippen MR) is 83.4 cm³/mol. The molecule has 1 amide bonds. The number of aryl methyl sites for hydroxylation is 1. The summed E-state index contributed by atoms with van der Waals surface area (Å²) in [6, 6.07) is 8.11. The predicted octanol–water partition coefficient (Wildman–Crippen LogP) is 3.27. The first kappa shape index (κ1) is 14.9. The van der Waals surface area contributed by atoms with Crippen LogP contribution in [0.2, 0.25) is 0 Å². The number of nitrogens with zero attached hydrogens (tertiary/aromatic N) is 3. The Morgan fingerprint density at radius 3 is 2.65 bits per heavy atom. The second kappa shape index (κ2) is 5.97. The van der Waals surface area contributed by atoms with Gasteiger partial charge in [-0.2, -0.15) is 0 Å². The van der Waals surface area contributed by atoms with Gasteiger partial charge in [-0.05, 0) is 31.2 Å². The summed E-state index contributed by atoms with van der Waals surface area (Å²) in [5, 5.41) is 20.9. The van der Waals surface area contributed by atoms with Crippen molar-refractivity contribution in [1.82, 2.24) is 10.2 Å². The number of hydrogen-bond acceptors (Lipinski definition) is 7. The van der Waals surface area contributed by atoms with Crippen LogP contribution in [-0.4, -0.2) is 21.0 Å². The van der Waals surface area contributed by atoms with E-state index in [1.165, 1.54) is 12.5 Å². The lowest BCUT2D eigenvalue weighted by Gasteiger charge is -2.03. The Hall–Kier alpha value is -3.07. The summed E-state index contributed by atoms with van der Waals surface area (Å²) >= 11 is 1.08. The molecule has 3 aromatic rings. The molecule has 0 saturated carbocycles. The molecule has 0 aliphatic heterocycles. The molecular formula is C14H10N4O4S. The maximum absolute atomic E-state index is 12.2. The van der Waals surface area contributed by atoms with Crippen LogP contribution in [0.1, 0.15) is 14.5 Å². The van der Waals surface area contributed by atoms with Crippen molar-refractivity contribution in [2.45, 2.75) is 6.92 Å². The zero-order chi connectivity index (χ0) is 16.4. The zero-order valence-corrected chi connectivity index (χ0v) is 12.7. The van der Waals surface area contributed by atoms with Gasteiger partial charge in [0.05, 0.1) is 14.7 Å². The number of carbonyl (C=O) groups excluding carboxylic acids is 1. The van der Waals surface area contributed by atoms with Gasteiger partial charge < -0.3 is 9.73 Å². The molecule has 1 N–H and O–H groups in total. The SMILES string of the molecule is Cc1sc(C(=O)Nc2ccc(-c3nnco3)cc2)cc1[N+](=O)[O-]. The van der Waals surface area contributed by atoms with Gasteiger partial charge in [-0.3, -0.25) is 14.9 Å². The molecule has 1 aromatic carbocycles. The summed E-state index contributed by atoms with van der Waals surface area (Å²) in [4.78, 5) is 23.3. The minimum atomic E-state index is -0.498. The van der Waals surface area contributed by atoms with Crippen molar-refractivity contribution in [3.63, 3.8) is 0 Å². The van der Waals surface area contributed by atoms with Gasteiger partial charge >= 0.3 is 0 Å². The van der Waals surface area contributed by atoms with E-state index in [4.69, 9.17) is 4.42 Å². The van der Waals surface area contributed by atoms with Crippen molar-refractivity contribution in [1.29, 1.82) is 0 Å². The molecule has 0 saturated heterocycles. The molecule has 2 aromatic heterocycles. The van der Waals surface area contributed by atoms with Gasteiger partial charge in [0.2, 0.25) is 12.3 Å². The third-order valence-corrected chi connectivity index (χ3v) is 4.10. The molecule has 116 valence electrons. The van der Waals surface area contributed by atoms with E-state index in [0.717, 1.165) is 16.9 Å². The third kappa shape index (κ3) is 3.09. The number of nitro groups is 1. The second-order valence-electron chi connectivity index (χ2n) is 4.58. The largest absolute Gasteiger partial charge is 0.423 e. The van der Waals surface area contributed by atoms with Crippen LogP contribution in [0.4, 0.5) is 11.4 Å².